The van der Waals surface area contributed by atoms with Crippen molar-refractivity contribution in [2.45, 2.75) is 32.9 Å². The quantitative estimate of drug-likeness (QED) is 0.410. The summed E-state index contributed by atoms with van der Waals surface area (Å²) in [4.78, 5) is 10.8. The van der Waals surface area contributed by atoms with Gasteiger partial charge in [-0.2, -0.15) is 0 Å². The Labute approximate surface area is 162 Å². The summed E-state index contributed by atoms with van der Waals surface area (Å²) in [6.07, 6.45) is 2.00. The SMILES string of the molecule is CCCCn1nnnc1COc1ccc([N+](=O)[O-])cc1-c1ccc(OC)cc1. The molecule has 3 aromatic rings. The Balaban J connectivity index is 1.87. The van der Waals surface area contributed by atoms with E-state index in [2.05, 4.69) is 22.4 Å². The van der Waals surface area contributed by atoms with E-state index in [4.69, 9.17) is 9.47 Å². The lowest BCUT2D eigenvalue weighted by atomic mass is 10.0. The lowest BCUT2D eigenvalue weighted by Gasteiger charge is -2.12. The van der Waals surface area contributed by atoms with Crippen LogP contribution in [0.3, 0.4) is 0 Å². The number of hydrogen-bond donors (Lipinski definition) is 0. The molecular formula is C19H21N5O4. The molecule has 0 atom stereocenters. The predicted molar refractivity (Wildman–Crippen MR) is 102 cm³/mol. The van der Waals surface area contributed by atoms with Crippen LogP contribution in [-0.4, -0.2) is 32.2 Å². The van der Waals surface area contributed by atoms with Crippen LogP contribution in [0.2, 0.25) is 0 Å². The zero-order valence-corrected chi connectivity index (χ0v) is 15.7. The van der Waals surface area contributed by atoms with Crippen LogP contribution < -0.4 is 9.47 Å². The Morgan fingerprint density at radius 3 is 2.64 bits per heavy atom. The molecular weight excluding hydrogens is 362 g/mol. The summed E-state index contributed by atoms with van der Waals surface area (Å²) < 4.78 is 12.8. The van der Waals surface area contributed by atoms with E-state index in [9.17, 15) is 10.1 Å². The normalized spacial score (nSPS) is 10.6. The number of nitro groups is 1. The number of non-ortho nitro benzene ring substituents is 1. The molecule has 2 aromatic carbocycles. The Hall–Kier alpha value is -3.49. The second-order valence-electron chi connectivity index (χ2n) is 6.13. The molecule has 9 heteroatoms. The average molecular weight is 383 g/mol. The van der Waals surface area contributed by atoms with E-state index in [0.717, 1.165) is 18.4 Å². The number of nitrogens with zero attached hydrogens (tertiary/aromatic N) is 5. The van der Waals surface area contributed by atoms with Crippen molar-refractivity contribution in [3.8, 4) is 22.6 Å². The maximum absolute atomic E-state index is 11.2. The number of tetrazole rings is 1. The molecule has 0 radical (unpaired) electrons. The molecule has 1 aromatic heterocycles. The molecule has 0 bridgehead atoms. The van der Waals surface area contributed by atoms with Gasteiger partial charge in [0.15, 0.2) is 5.82 Å². The number of aromatic nitrogens is 4. The molecule has 0 saturated heterocycles. The van der Waals surface area contributed by atoms with Gasteiger partial charge in [0.2, 0.25) is 0 Å². The molecule has 1 heterocycles. The van der Waals surface area contributed by atoms with Crippen molar-refractivity contribution in [3.05, 3.63) is 58.4 Å². The van der Waals surface area contributed by atoms with Crippen LogP contribution in [0, 0.1) is 10.1 Å². The summed E-state index contributed by atoms with van der Waals surface area (Å²) in [6.45, 7) is 2.98. The largest absolute Gasteiger partial charge is 0.497 e. The summed E-state index contributed by atoms with van der Waals surface area (Å²) in [5.74, 6) is 1.82. The number of benzene rings is 2. The van der Waals surface area contributed by atoms with Crippen LogP contribution in [0.1, 0.15) is 25.6 Å². The monoisotopic (exact) mass is 383 g/mol. The van der Waals surface area contributed by atoms with E-state index in [-0.39, 0.29) is 12.3 Å². The second-order valence-corrected chi connectivity index (χ2v) is 6.13. The molecule has 0 saturated carbocycles. The molecule has 0 spiro atoms. The van der Waals surface area contributed by atoms with Gasteiger partial charge in [0.05, 0.1) is 12.0 Å². The minimum Gasteiger partial charge on any atom is -0.497 e. The summed E-state index contributed by atoms with van der Waals surface area (Å²) in [7, 11) is 1.58. The van der Waals surface area contributed by atoms with Gasteiger partial charge in [0, 0.05) is 24.2 Å². The Morgan fingerprint density at radius 1 is 1.18 bits per heavy atom. The summed E-state index contributed by atoms with van der Waals surface area (Å²) in [5, 5.41) is 22.9. The van der Waals surface area contributed by atoms with Crippen LogP contribution in [0.5, 0.6) is 11.5 Å². The Morgan fingerprint density at radius 2 is 1.96 bits per heavy atom. The molecule has 0 aliphatic heterocycles. The van der Waals surface area contributed by atoms with Crippen molar-refractivity contribution in [3.63, 3.8) is 0 Å². The molecule has 0 aliphatic rings. The molecule has 0 unspecified atom stereocenters. The highest BCUT2D eigenvalue weighted by Crippen LogP contribution is 2.34. The van der Waals surface area contributed by atoms with Gasteiger partial charge in [0.25, 0.3) is 5.69 Å². The van der Waals surface area contributed by atoms with E-state index >= 15 is 0 Å². The molecule has 0 aliphatic carbocycles. The highest BCUT2D eigenvalue weighted by atomic mass is 16.6. The predicted octanol–water partition coefficient (Wildman–Crippen LogP) is 3.64. The maximum atomic E-state index is 11.2. The van der Waals surface area contributed by atoms with Crippen molar-refractivity contribution in [1.82, 2.24) is 20.2 Å². The number of aryl methyl sites for hydroxylation is 1. The minimum atomic E-state index is -0.428. The van der Waals surface area contributed by atoms with Gasteiger partial charge in [-0.05, 0) is 40.6 Å². The molecule has 28 heavy (non-hydrogen) atoms. The van der Waals surface area contributed by atoms with Crippen LogP contribution in [0.25, 0.3) is 11.1 Å². The van der Waals surface area contributed by atoms with Crippen molar-refractivity contribution in [1.29, 1.82) is 0 Å². The molecule has 0 fully saturated rings. The first-order valence-electron chi connectivity index (χ1n) is 8.93. The van der Waals surface area contributed by atoms with Gasteiger partial charge in [-0.25, -0.2) is 4.68 Å². The van der Waals surface area contributed by atoms with Gasteiger partial charge >= 0.3 is 0 Å². The fourth-order valence-corrected chi connectivity index (χ4v) is 2.70. The number of unbranched alkanes of at least 4 members (excludes halogenated alkanes) is 1. The zero-order valence-electron chi connectivity index (χ0n) is 15.7. The van der Waals surface area contributed by atoms with E-state index in [1.54, 1.807) is 30.0 Å². The topological polar surface area (TPSA) is 105 Å². The van der Waals surface area contributed by atoms with Gasteiger partial charge in [-0.3, -0.25) is 10.1 Å². The molecule has 0 amide bonds. The van der Waals surface area contributed by atoms with Crippen LogP contribution in [-0.2, 0) is 13.2 Å². The molecule has 146 valence electrons. The molecule has 3 rings (SSSR count). The summed E-state index contributed by atoms with van der Waals surface area (Å²) >= 11 is 0. The fourth-order valence-electron chi connectivity index (χ4n) is 2.70. The van der Waals surface area contributed by atoms with Gasteiger partial charge < -0.3 is 9.47 Å². The van der Waals surface area contributed by atoms with E-state index in [1.165, 1.54) is 12.1 Å². The Kier molecular flexibility index (Phi) is 6.15. The lowest BCUT2D eigenvalue weighted by Crippen LogP contribution is -2.09. The Bertz CT molecular complexity index is 940. The van der Waals surface area contributed by atoms with Crippen molar-refractivity contribution < 1.29 is 14.4 Å². The van der Waals surface area contributed by atoms with Crippen molar-refractivity contribution in [2.75, 3.05) is 7.11 Å². The highest BCUT2D eigenvalue weighted by molar-refractivity contribution is 5.73. The van der Waals surface area contributed by atoms with Crippen LogP contribution >= 0.6 is 0 Å². The third-order valence-corrected chi connectivity index (χ3v) is 4.26. The van der Waals surface area contributed by atoms with Gasteiger partial charge in [-0.15, -0.1) is 5.10 Å². The highest BCUT2D eigenvalue weighted by Gasteiger charge is 2.15. The minimum absolute atomic E-state index is 0.00838. The molecule has 0 N–H and O–H groups in total. The maximum Gasteiger partial charge on any atom is 0.270 e. The first kappa shape index (κ1) is 19.3. The summed E-state index contributed by atoms with van der Waals surface area (Å²) in [5.41, 5.74) is 1.39. The first-order valence-corrected chi connectivity index (χ1v) is 8.93. The zero-order chi connectivity index (χ0) is 19.9. The van der Waals surface area contributed by atoms with Crippen molar-refractivity contribution in [2.24, 2.45) is 0 Å². The lowest BCUT2D eigenvalue weighted by molar-refractivity contribution is -0.384. The molecule has 9 nitrogen and oxygen atoms in total. The van der Waals surface area contributed by atoms with E-state index in [1.807, 2.05) is 12.1 Å². The number of ether oxygens (including phenoxy) is 2. The third-order valence-electron chi connectivity index (χ3n) is 4.26. The average Bonchev–Trinajstić information content (AvgIpc) is 3.18. The smallest absolute Gasteiger partial charge is 0.270 e. The van der Waals surface area contributed by atoms with Crippen LogP contribution in [0.15, 0.2) is 42.5 Å². The number of methoxy groups -OCH3 is 1. The number of nitro benzene ring substituents is 1. The summed E-state index contributed by atoms with van der Waals surface area (Å²) in [6, 6.07) is 11.8. The van der Waals surface area contributed by atoms with Crippen LogP contribution in [0.4, 0.5) is 5.69 Å². The van der Waals surface area contributed by atoms with E-state index in [0.29, 0.717) is 29.4 Å². The first-order chi connectivity index (χ1) is 13.6. The second kappa shape index (κ2) is 8.94. The van der Waals surface area contributed by atoms with Gasteiger partial charge in [0.1, 0.15) is 18.1 Å². The standard InChI is InChI=1S/C19H21N5O4/c1-3-4-11-23-19(20-21-22-23)13-28-18-10-7-15(24(25)26)12-17(18)14-5-8-16(27-2)9-6-14/h5-10,12H,3-4,11,13H2,1-2H3. The fraction of sp³-hybridized carbons (Fsp3) is 0.316. The van der Waals surface area contributed by atoms with E-state index < -0.39 is 4.92 Å². The number of rotatable bonds is 9. The van der Waals surface area contributed by atoms with Crippen molar-refractivity contribution >= 4 is 5.69 Å². The third kappa shape index (κ3) is 4.43. The van der Waals surface area contributed by atoms with Gasteiger partial charge in [-0.1, -0.05) is 25.5 Å². The number of hydrogen-bond acceptors (Lipinski definition) is 7.